The van der Waals surface area contributed by atoms with E-state index in [4.69, 9.17) is 4.74 Å². The average Bonchev–Trinajstić information content (AvgIpc) is 2.81. The molecule has 1 N–H and O–H groups in total. The number of nitrogens with zero attached hydrogens (tertiary/aromatic N) is 2. The van der Waals surface area contributed by atoms with Crippen LogP contribution in [0.25, 0.3) is 0 Å². The Morgan fingerprint density at radius 1 is 1.12 bits per heavy atom. The average molecular weight is 478 g/mol. The molecule has 0 bridgehead atoms. The SMILES string of the molecule is COC1CCN(c2ccc(NC(=O)CCN(Cc3ccccc3)C(C)=O)cc2C(F)(F)F)CC1. The molecule has 9 heteroatoms. The van der Waals surface area contributed by atoms with E-state index in [0.717, 1.165) is 11.6 Å². The molecule has 0 aliphatic carbocycles. The van der Waals surface area contributed by atoms with Crippen molar-refractivity contribution >= 4 is 23.2 Å². The van der Waals surface area contributed by atoms with E-state index in [1.54, 1.807) is 12.0 Å². The van der Waals surface area contributed by atoms with E-state index in [1.807, 2.05) is 30.3 Å². The summed E-state index contributed by atoms with van der Waals surface area (Å²) in [6, 6.07) is 13.2. The zero-order chi connectivity index (χ0) is 24.7. The maximum absolute atomic E-state index is 13.8. The fourth-order valence-electron chi connectivity index (χ4n) is 4.06. The van der Waals surface area contributed by atoms with Gasteiger partial charge in [-0.25, -0.2) is 0 Å². The summed E-state index contributed by atoms with van der Waals surface area (Å²) in [5.74, 6) is -0.640. The Bertz CT molecular complexity index is 974. The number of benzene rings is 2. The number of hydrogen-bond donors (Lipinski definition) is 1. The molecule has 1 heterocycles. The third kappa shape index (κ3) is 6.96. The van der Waals surface area contributed by atoms with Crippen molar-refractivity contribution in [3.63, 3.8) is 0 Å². The van der Waals surface area contributed by atoms with Crippen LogP contribution in [0, 0.1) is 0 Å². The van der Waals surface area contributed by atoms with Gasteiger partial charge in [-0.15, -0.1) is 0 Å². The molecule has 1 saturated heterocycles. The number of piperidine rings is 1. The van der Waals surface area contributed by atoms with Crippen molar-refractivity contribution in [1.29, 1.82) is 0 Å². The molecular formula is C25H30F3N3O3. The van der Waals surface area contributed by atoms with E-state index < -0.39 is 17.6 Å². The Hall–Kier alpha value is -3.07. The number of halogens is 3. The molecule has 0 aromatic heterocycles. The van der Waals surface area contributed by atoms with Gasteiger partial charge in [0.05, 0.1) is 11.7 Å². The van der Waals surface area contributed by atoms with Crippen LogP contribution >= 0.6 is 0 Å². The molecule has 0 radical (unpaired) electrons. The lowest BCUT2D eigenvalue weighted by atomic mass is 10.0. The monoisotopic (exact) mass is 477 g/mol. The van der Waals surface area contributed by atoms with E-state index in [-0.39, 0.29) is 36.4 Å². The van der Waals surface area contributed by atoms with Gasteiger partial charge in [0.15, 0.2) is 0 Å². The topological polar surface area (TPSA) is 61.9 Å². The second-order valence-electron chi connectivity index (χ2n) is 8.38. The van der Waals surface area contributed by atoms with Crippen LogP contribution in [0.2, 0.25) is 0 Å². The predicted molar refractivity (Wildman–Crippen MR) is 124 cm³/mol. The van der Waals surface area contributed by atoms with Crippen molar-refractivity contribution in [3.8, 4) is 0 Å². The van der Waals surface area contributed by atoms with Crippen molar-refractivity contribution in [2.75, 3.05) is 37.0 Å². The van der Waals surface area contributed by atoms with Crippen LogP contribution in [-0.4, -0.2) is 49.6 Å². The normalized spacial score (nSPS) is 14.7. The molecule has 0 unspecified atom stereocenters. The smallest absolute Gasteiger partial charge is 0.381 e. The number of alkyl halides is 3. The summed E-state index contributed by atoms with van der Waals surface area (Å²) in [6.07, 6.45) is -3.22. The Kier molecular flexibility index (Phi) is 8.55. The minimum absolute atomic E-state index is 0.0277. The zero-order valence-electron chi connectivity index (χ0n) is 19.4. The maximum Gasteiger partial charge on any atom is 0.418 e. The lowest BCUT2D eigenvalue weighted by molar-refractivity contribution is -0.137. The van der Waals surface area contributed by atoms with E-state index in [1.165, 1.54) is 24.0 Å². The minimum Gasteiger partial charge on any atom is -0.381 e. The first-order chi connectivity index (χ1) is 16.2. The minimum atomic E-state index is -4.56. The van der Waals surface area contributed by atoms with Crippen molar-refractivity contribution in [2.24, 2.45) is 0 Å². The number of rotatable bonds is 8. The Morgan fingerprint density at radius 3 is 2.38 bits per heavy atom. The number of amides is 2. The second kappa shape index (κ2) is 11.4. The number of carbonyl (C=O) groups is 2. The van der Waals surface area contributed by atoms with Crippen LogP contribution in [0.4, 0.5) is 24.5 Å². The van der Waals surface area contributed by atoms with E-state index >= 15 is 0 Å². The van der Waals surface area contributed by atoms with Gasteiger partial charge in [0.25, 0.3) is 0 Å². The molecule has 3 rings (SSSR count). The van der Waals surface area contributed by atoms with Gasteiger partial charge in [0.2, 0.25) is 11.8 Å². The molecule has 1 fully saturated rings. The fourth-order valence-corrected chi connectivity index (χ4v) is 4.06. The predicted octanol–water partition coefficient (Wildman–Crippen LogP) is 4.70. The molecule has 34 heavy (non-hydrogen) atoms. The number of ether oxygens (including phenoxy) is 1. The quantitative estimate of drug-likeness (QED) is 0.599. The van der Waals surface area contributed by atoms with Crippen molar-refractivity contribution in [3.05, 3.63) is 59.7 Å². The number of methoxy groups -OCH3 is 1. The lowest BCUT2D eigenvalue weighted by Gasteiger charge is -2.34. The summed E-state index contributed by atoms with van der Waals surface area (Å²) in [7, 11) is 1.61. The van der Waals surface area contributed by atoms with Gasteiger partial charge >= 0.3 is 6.18 Å². The number of nitrogens with one attached hydrogen (secondary N) is 1. The largest absolute Gasteiger partial charge is 0.418 e. The highest BCUT2D eigenvalue weighted by atomic mass is 19.4. The summed E-state index contributed by atoms with van der Waals surface area (Å²) in [5.41, 5.74) is 0.324. The Labute approximate surface area is 197 Å². The van der Waals surface area contributed by atoms with Crippen LogP contribution in [0.15, 0.2) is 48.5 Å². The van der Waals surface area contributed by atoms with Gasteiger partial charge < -0.3 is 19.9 Å². The first kappa shape index (κ1) is 25.6. The highest BCUT2D eigenvalue weighted by Crippen LogP contribution is 2.39. The van der Waals surface area contributed by atoms with Crippen LogP contribution in [0.3, 0.4) is 0 Å². The van der Waals surface area contributed by atoms with Gasteiger partial charge in [-0.05, 0) is 36.6 Å². The third-order valence-electron chi connectivity index (χ3n) is 5.97. The molecule has 1 aliphatic rings. The molecule has 2 aromatic rings. The van der Waals surface area contributed by atoms with Crippen molar-refractivity contribution < 1.29 is 27.5 Å². The highest BCUT2D eigenvalue weighted by Gasteiger charge is 2.36. The summed E-state index contributed by atoms with van der Waals surface area (Å²) in [4.78, 5) is 27.6. The molecule has 2 aromatic carbocycles. The van der Waals surface area contributed by atoms with Crippen LogP contribution in [0.5, 0.6) is 0 Å². The van der Waals surface area contributed by atoms with Gasteiger partial charge in [0.1, 0.15) is 0 Å². The van der Waals surface area contributed by atoms with Gasteiger partial charge in [-0.2, -0.15) is 13.2 Å². The highest BCUT2D eigenvalue weighted by molar-refractivity contribution is 5.91. The molecule has 0 atom stereocenters. The Morgan fingerprint density at radius 2 is 1.79 bits per heavy atom. The molecular weight excluding hydrogens is 447 g/mol. The van der Waals surface area contributed by atoms with Crippen LogP contribution in [-0.2, 0) is 27.0 Å². The van der Waals surface area contributed by atoms with E-state index in [2.05, 4.69) is 5.32 Å². The first-order valence-electron chi connectivity index (χ1n) is 11.3. The molecule has 184 valence electrons. The van der Waals surface area contributed by atoms with Gasteiger partial charge in [0, 0.05) is 58.0 Å². The van der Waals surface area contributed by atoms with Crippen LogP contribution < -0.4 is 10.2 Å². The summed E-state index contributed by atoms with van der Waals surface area (Å²) in [6.45, 7) is 2.88. The number of hydrogen-bond acceptors (Lipinski definition) is 4. The lowest BCUT2D eigenvalue weighted by Crippen LogP contribution is -2.37. The third-order valence-corrected chi connectivity index (χ3v) is 5.97. The molecule has 0 spiro atoms. The fraction of sp³-hybridized carbons (Fsp3) is 0.440. The standard InChI is InChI=1S/C25H30F3N3O3/c1-18(32)31(17-19-6-4-3-5-7-19)15-12-24(33)29-20-8-9-23(22(16-20)25(26,27)28)30-13-10-21(34-2)11-14-30/h3-9,16,21H,10-15,17H2,1-2H3,(H,29,33). The maximum atomic E-state index is 13.8. The van der Waals surface area contributed by atoms with Crippen LogP contribution in [0.1, 0.15) is 37.3 Å². The molecule has 2 amide bonds. The van der Waals surface area contributed by atoms with Crippen molar-refractivity contribution in [2.45, 2.75) is 45.0 Å². The summed E-state index contributed by atoms with van der Waals surface area (Å²) < 4.78 is 46.7. The molecule has 1 aliphatic heterocycles. The summed E-state index contributed by atoms with van der Waals surface area (Å²) in [5, 5.41) is 2.54. The second-order valence-corrected chi connectivity index (χ2v) is 8.38. The van der Waals surface area contributed by atoms with E-state index in [9.17, 15) is 22.8 Å². The Balaban J connectivity index is 1.65. The molecule has 6 nitrogen and oxygen atoms in total. The number of carbonyl (C=O) groups excluding carboxylic acids is 2. The van der Waals surface area contributed by atoms with E-state index in [0.29, 0.717) is 32.5 Å². The first-order valence-corrected chi connectivity index (χ1v) is 11.3. The summed E-state index contributed by atoms with van der Waals surface area (Å²) >= 11 is 0. The zero-order valence-corrected chi connectivity index (χ0v) is 19.4. The molecule has 0 saturated carbocycles. The van der Waals surface area contributed by atoms with Gasteiger partial charge in [-0.1, -0.05) is 30.3 Å². The van der Waals surface area contributed by atoms with Crippen molar-refractivity contribution in [1.82, 2.24) is 4.90 Å². The number of anilines is 2. The van der Waals surface area contributed by atoms with Gasteiger partial charge in [-0.3, -0.25) is 9.59 Å².